The molecular weight excluding hydrogens is 224 g/mol. The third-order valence-corrected chi connectivity index (χ3v) is 3.35. The Kier molecular flexibility index (Phi) is 2.94. The van der Waals surface area contributed by atoms with Crippen LogP contribution in [0.15, 0.2) is 36.8 Å². The molecule has 3 rings (SSSR count). The van der Waals surface area contributed by atoms with Gasteiger partial charge < -0.3 is 10.6 Å². The Bertz CT molecular complexity index is 553. The quantitative estimate of drug-likeness (QED) is 0.872. The zero-order valence-corrected chi connectivity index (χ0v) is 10.2. The first kappa shape index (κ1) is 11.2. The van der Waals surface area contributed by atoms with E-state index in [1.165, 1.54) is 11.3 Å². The fourth-order valence-electron chi connectivity index (χ4n) is 2.49. The van der Waals surface area contributed by atoms with Gasteiger partial charge in [-0.2, -0.15) is 0 Å². The summed E-state index contributed by atoms with van der Waals surface area (Å²) in [5.41, 5.74) is 9.39. The molecule has 0 unspecified atom stereocenters. The van der Waals surface area contributed by atoms with E-state index in [2.05, 4.69) is 39.1 Å². The summed E-state index contributed by atoms with van der Waals surface area (Å²) < 4.78 is 0. The molecule has 18 heavy (non-hydrogen) atoms. The van der Waals surface area contributed by atoms with Gasteiger partial charge in [-0.15, -0.1) is 0 Å². The number of hydrogen-bond donors (Lipinski definition) is 1. The number of benzene rings is 1. The van der Waals surface area contributed by atoms with Crippen molar-refractivity contribution in [3.63, 3.8) is 0 Å². The van der Waals surface area contributed by atoms with Crippen molar-refractivity contribution >= 4 is 11.5 Å². The number of aromatic nitrogens is 2. The summed E-state index contributed by atoms with van der Waals surface area (Å²) in [6.45, 7) is 1.45. The first-order valence-electron chi connectivity index (χ1n) is 6.24. The Balaban J connectivity index is 2.08. The van der Waals surface area contributed by atoms with Crippen molar-refractivity contribution in [2.45, 2.75) is 19.4 Å². The molecule has 0 saturated heterocycles. The molecule has 0 bridgehead atoms. The number of fused-ring (bicyclic) bond motifs is 1. The van der Waals surface area contributed by atoms with E-state index in [0.717, 1.165) is 30.8 Å². The summed E-state index contributed by atoms with van der Waals surface area (Å²) in [5.74, 6) is 0.944. The Labute approximate surface area is 106 Å². The minimum Gasteiger partial charge on any atom is -0.326 e. The third-order valence-electron chi connectivity index (χ3n) is 3.35. The summed E-state index contributed by atoms with van der Waals surface area (Å²) in [7, 11) is 0. The lowest BCUT2D eigenvalue weighted by atomic mass is 10.0. The predicted molar refractivity (Wildman–Crippen MR) is 71.7 cm³/mol. The second kappa shape index (κ2) is 4.74. The molecule has 1 aromatic heterocycles. The SMILES string of the molecule is NCc1cncnc1N1CCCc2ccccc21. The molecule has 0 saturated carbocycles. The van der Waals surface area contributed by atoms with Gasteiger partial charge in [0, 0.05) is 30.5 Å². The van der Waals surface area contributed by atoms with Gasteiger partial charge in [0.1, 0.15) is 12.1 Å². The van der Waals surface area contributed by atoms with Crippen LogP contribution in [0.2, 0.25) is 0 Å². The van der Waals surface area contributed by atoms with Crippen LogP contribution in [0.5, 0.6) is 0 Å². The zero-order chi connectivity index (χ0) is 12.4. The molecule has 0 atom stereocenters. The maximum absolute atomic E-state index is 5.77. The fourth-order valence-corrected chi connectivity index (χ4v) is 2.49. The van der Waals surface area contributed by atoms with Gasteiger partial charge in [-0.25, -0.2) is 9.97 Å². The van der Waals surface area contributed by atoms with Crippen LogP contribution in [0.1, 0.15) is 17.5 Å². The van der Waals surface area contributed by atoms with Gasteiger partial charge in [0.25, 0.3) is 0 Å². The molecule has 0 radical (unpaired) electrons. The molecule has 1 aliphatic heterocycles. The smallest absolute Gasteiger partial charge is 0.140 e. The van der Waals surface area contributed by atoms with Crippen LogP contribution in [-0.4, -0.2) is 16.5 Å². The van der Waals surface area contributed by atoms with Crippen molar-refractivity contribution in [1.29, 1.82) is 0 Å². The highest BCUT2D eigenvalue weighted by molar-refractivity contribution is 5.67. The standard InChI is InChI=1S/C14H16N4/c15-8-12-9-16-10-17-14(12)18-7-3-5-11-4-1-2-6-13(11)18/h1-2,4,6,9-10H,3,5,7-8,15H2. The molecule has 4 nitrogen and oxygen atoms in total. The lowest BCUT2D eigenvalue weighted by Gasteiger charge is -2.31. The molecule has 2 heterocycles. The second-order valence-electron chi connectivity index (χ2n) is 4.46. The second-order valence-corrected chi connectivity index (χ2v) is 4.46. The largest absolute Gasteiger partial charge is 0.326 e. The van der Waals surface area contributed by atoms with Gasteiger partial charge in [0.15, 0.2) is 0 Å². The highest BCUT2D eigenvalue weighted by Crippen LogP contribution is 2.33. The molecule has 1 aliphatic rings. The van der Waals surface area contributed by atoms with Crippen molar-refractivity contribution in [3.05, 3.63) is 47.9 Å². The number of nitrogens with zero attached hydrogens (tertiary/aromatic N) is 3. The average Bonchev–Trinajstić information content (AvgIpc) is 2.46. The summed E-state index contributed by atoms with van der Waals surface area (Å²) >= 11 is 0. The van der Waals surface area contributed by atoms with Crippen molar-refractivity contribution in [2.24, 2.45) is 5.73 Å². The van der Waals surface area contributed by atoms with E-state index in [0.29, 0.717) is 6.54 Å². The van der Waals surface area contributed by atoms with E-state index in [4.69, 9.17) is 5.73 Å². The lowest BCUT2D eigenvalue weighted by Crippen LogP contribution is -2.26. The van der Waals surface area contributed by atoms with E-state index in [1.54, 1.807) is 12.5 Å². The number of hydrogen-bond acceptors (Lipinski definition) is 4. The summed E-state index contributed by atoms with van der Waals surface area (Å²) in [4.78, 5) is 10.7. The predicted octanol–water partition coefficient (Wildman–Crippen LogP) is 2.02. The number of rotatable bonds is 2. The molecule has 0 amide bonds. The van der Waals surface area contributed by atoms with Crippen LogP contribution in [0, 0.1) is 0 Å². The topological polar surface area (TPSA) is 55.0 Å². The van der Waals surface area contributed by atoms with Crippen molar-refractivity contribution in [1.82, 2.24) is 9.97 Å². The first-order chi connectivity index (χ1) is 8.90. The molecule has 2 aromatic rings. The normalized spacial score (nSPS) is 14.4. The van der Waals surface area contributed by atoms with Crippen LogP contribution in [0.3, 0.4) is 0 Å². The lowest BCUT2D eigenvalue weighted by molar-refractivity contribution is 0.753. The van der Waals surface area contributed by atoms with Gasteiger partial charge >= 0.3 is 0 Å². The van der Waals surface area contributed by atoms with E-state index < -0.39 is 0 Å². The molecule has 4 heteroatoms. The van der Waals surface area contributed by atoms with E-state index in [-0.39, 0.29) is 0 Å². The molecule has 92 valence electrons. The van der Waals surface area contributed by atoms with Gasteiger partial charge in [-0.05, 0) is 24.5 Å². The number of para-hydroxylation sites is 1. The van der Waals surface area contributed by atoms with Crippen LogP contribution >= 0.6 is 0 Å². The van der Waals surface area contributed by atoms with Gasteiger partial charge in [-0.3, -0.25) is 0 Å². The first-order valence-corrected chi connectivity index (χ1v) is 6.24. The highest BCUT2D eigenvalue weighted by Gasteiger charge is 2.20. The maximum Gasteiger partial charge on any atom is 0.140 e. The minimum absolute atomic E-state index is 0.467. The molecule has 0 spiro atoms. The van der Waals surface area contributed by atoms with Gasteiger partial charge in [0.2, 0.25) is 0 Å². The zero-order valence-electron chi connectivity index (χ0n) is 10.2. The molecule has 2 N–H and O–H groups in total. The molecule has 0 aliphatic carbocycles. The van der Waals surface area contributed by atoms with Crippen LogP contribution < -0.4 is 10.6 Å². The number of nitrogens with two attached hydrogens (primary N) is 1. The summed E-state index contributed by atoms with van der Waals surface area (Å²) in [5, 5.41) is 0. The number of aryl methyl sites for hydroxylation is 1. The Morgan fingerprint density at radius 3 is 3.06 bits per heavy atom. The van der Waals surface area contributed by atoms with E-state index in [1.807, 2.05) is 0 Å². The van der Waals surface area contributed by atoms with E-state index >= 15 is 0 Å². The van der Waals surface area contributed by atoms with Crippen LogP contribution in [-0.2, 0) is 13.0 Å². The molecule has 1 aromatic carbocycles. The van der Waals surface area contributed by atoms with E-state index in [9.17, 15) is 0 Å². The van der Waals surface area contributed by atoms with Gasteiger partial charge in [-0.1, -0.05) is 18.2 Å². The van der Waals surface area contributed by atoms with Crippen LogP contribution in [0.4, 0.5) is 11.5 Å². The van der Waals surface area contributed by atoms with Gasteiger partial charge in [0.05, 0.1) is 0 Å². The summed E-state index contributed by atoms with van der Waals surface area (Å²) in [6, 6.07) is 8.49. The summed E-state index contributed by atoms with van der Waals surface area (Å²) in [6.07, 6.45) is 5.67. The maximum atomic E-state index is 5.77. The fraction of sp³-hybridized carbons (Fsp3) is 0.286. The van der Waals surface area contributed by atoms with Crippen LogP contribution in [0.25, 0.3) is 0 Å². The monoisotopic (exact) mass is 240 g/mol. The Morgan fingerprint density at radius 1 is 1.28 bits per heavy atom. The third kappa shape index (κ3) is 1.84. The Hall–Kier alpha value is -1.94. The number of anilines is 2. The average molecular weight is 240 g/mol. The minimum atomic E-state index is 0.467. The highest BCUT2D eigenvalue weighted by atomic mass is 15.2. The van der Waals surface area contributed by atoms with Crippen molar-refractivity contribution < 1.29 is 0 Å². The molecular formula is C14H16N4. The van der Waals surface area contributed by atoms with Crippen molar-refractivity contribution in [2.75, 3.05) is 11.4 Å². The molecule has 0 fully saturated rings. The Morgan fingerprint density at radius 2 is 2.17 bits per heavy atom. The van der Waals surface area contributed by atoms with Crippen molar-refractivity contribution in [3.8, 4) is 0 Å².